The van der Waals surface area contributed by atoms with Crippen LogP contribution in [0.15, 0.2) is 36.5 Å². The van der Waals surface area contributed by atoms with Crippen LogP contribution in [0.4, 0.5) is 5.69 Å². The highest BCUT2D eigenvalue weighted by molar-refractivity contribution is 6.08. The summed E-state index contributed by atoms with van der Waals surface area (Å²) in [5.41, 5.74) is 1.55. The Morgan fingerprint density at radius 2 is 2.14 bits per heavy atom. The first kappa shape index (κ1) is 7.62. The van der Waals surface area contributed by atoms with Gasteiger partial charge in [-0.1, -0.05) is 18.2 Å². The third-order valence-corrected chi connectivity index (χ3v) is 2.93. The van der Waals surface area contributed by atoms with Crippen LogP contribution in [0, 0.1) is 0 Å². The number of carbonyl (C=O) groups excluding carboxylic acids is 1. The van der Waals surface area contributed by atoms with Gasteiger partial charge in [0.2, 0.25) is 5.91 Å². The largest absolute Gasteiger partial charge is 0.389 e. The number of benzene rings is 1. The second-order valence-corrected chi connectivity index (χ2v) is 3.69. The van der Waals surface area contributed by atoms with E-state index in [1.54, 1.807) is 0 Å². The predicted octanol–water partition coefficient (Wildman–Crippen LogP) is 0.993. The average molecular weight is 186 g/mol. The summed E-state index contributed by atoms with van der Waals surface area (Å²) in [6.07, 6.45) is 3.79. The van der Waals surface area contributed by atoms with Gasteiger partial charge in [-0.15, -0.1) is 0 Å². The van der Waals surface area contributed by atoms with Crippen LogP contribution in [0.3, 0.4) is 0 Å². The van der Waals surface area contributed by atoms with Crippen LogP contribution >= 0.6 is 0 Å². The van der Waals surface area contributed by atoms with Crippen molar-refractivity contribution in [2.75, 3.05) is 11.9 Å². The van der Waals surface area contributed by atoms with Gasteiger partial charge in [-0.05, 0) is 23.9 Å². The lowest BCUT2D eigenvalue weighted by Crippen LogP contribution is -2.36. The highest BCUT2D eigenvalue weighted by Gasteiger charge is 2.46. The smallest absolute Gasteiger partial charge is 0.240 e. The van der Waals surface area contributed by atoms with Gasteiger partial charge in [0.25, 0.3) is 0 Å². The van der Waals surface area contributed by atoms with Gasteiger partial charge in [-0.3, -0.25) is 4.79 Å². The molecule has 2 aliphatic heterocycles. The molecule has 2 heterocycles. The fraction of sp³-hybridized carbons (Fsp3) is 0.182. The van der Waals surface area contributed by atoms with Gasteiger partial charge in [0.1, 0.15) is 5.41 Å². The van der Waals surface area contributed by atoms with Crippen molar-refractivity contribution in [2.45, 2.75) is 5.41 Å². The first-order valence-electron chi connectivity index (χ1n) is 4.65. The summed E-state index contributed by atoms with van der Waals surface area (Å²) in [6, 6.07) is 7.84. The molecule has 3 heteroatoms. The second-order valence-electron chi connectivity index (χ2n) is 3.69. The highest BCUT2D eigenvalue weighted by atomic mass is 16.2. The standard InChI is InChI=1S/C11H10N2O/c14-10-11(5-6-12-7-11)8-3-1-2-4-9(8)13-10/h1-6,12H,7H2,(H,13,14). The number of hydrogen-bond acceptors (Lipinski definition) is 2. The third-order valence-electron chi connectivity index (χ3n) is 2.93. The number of nitrogens with one attached hydrogen (secondary N) is 2. The van der Waals surface area contributed by atoms with Gasteiger partial charge < -0.3 is 10.6 Å². The van der Waals surface area contributed by atoms with Crippen LogP contribution in [0.5, 0.6) is 0 Å². The van der Waals surface area contributed by atoms with E-state index in [0.29, 0.717) is 6.54 Å². The molecule has 2 N–H and O–H groups in total. The van der Waals surface area contributed by atoms with Crippen molar-refractivity contribution in [3.63, 3.8) is 0 Å². The fourth-order valence-corrected chi connectivity index (χ4v) is 2.16. The lowest BCUT2D eigenvalue weighted by Gasteiger charge is -2.17. The molecule has 1 spiro atoms. The molecule has 2 aliphatic rings. The van der Waals surface area contributed by atoms with E-state index >= 15 is 0 Å². The zero-order valence-corrected chi connectivity index (χ0v) is 7.58. The quantitative estimate of drug-likeness (QED) is 0.634. The van der Waals surface area contributed by atoms with E-state index in [1.807, 2.05) is 36.5 Å². The lowest BCUT2D eigenvalue weighted by atomic mass is 9.83. The molecule has 1 unspecified atom stereocenters. The molecule has 3 nitrogen and oxygen atoms in total. The molecular weight excluding hydrogens is 176 g/mol. The summed E-state index contributed by atoms with van der Waals surface area (Å²) in [6.45, 7) is 0.663. The fourth-order valence-electron chi connectivity index (χ4n) is 2.16. The molecule has 0 aliphatic carbocycles. The van der Waals surface area contributed by atoms with Gasteiger partial charge in [0.05, 0.1) is 0 Å². The van der Waals surface area contributed by atoms with E-state index in [9.17, 15) is 4.79 Å². The summed E-state index contributed by atoms with van der Waals surface area (Å²) >= 11 is 0. The molecule has 0 radical (unpaired) electrons. The SMILES string of the molecule is O=C1Nc2ccccc2C12C=CNC2. The Kier molecular flexibility index (Phi) is 1.29. The Bertz CT molecular complexity index is 439. The lowest BCUT2D eigenvalue weighted by molar-refractivity contribution is -0.119. The monoisotopic (exact) mass is 186 g/mol. The first-order valence-corrected chi connectivity index (χ1v) is 4.65. The number of rotatable bonds is 0. The molecule has 0 saturated carbocycles. The summed E-state index contributed by atoms with van der Waals surface area (Å²) in [4.78, 5) is 11.9. The third kappa shape index (κ3) is 0.744. The highest BCUT2D eigenvalue weighted by Crippen LogP contribution is 2.39. The Morgan fingerprint density at radius 3 is 2.93 bits per heavy atom. The van der Waals surface area contributed by atoms with E-state index < -0.39 is 5.41 Å². The maximum Gasteiger partial charge on any atom is 0.240 e. The molecule has 0 saturated heterocycles. The topological polar surface area (TPSA) is 41.1 Å². The van der Waals surface area contributed by atoms with Gasteiger partial charge in [0.15, 0.2) is 0 Å². The Labute approximate surface area is 81.8 Å². The number of carbonyl (C=O) groups is 1. The normalized spacial score (nSPS) is 27.6. The summed E-state index contributed by atoms with van der Waals surface area (Å²) in [7, 11) is 0. The minimum absolute atomic E-state index is 0.0694. The van der Waals surface area contributed by atoms with E-state index in [-0.39, 0.29) is 5.91 Å². The van der Waals surface area contributed by atoms with Crippen LogP contribution in [-0.2, 0) is 10.2 Å². The summed E-state index contributed by atoms with van der Waals surface area (Å²) < 4.78 is 0. The molecule has 70 valence electrons. The molecule has 1 aromatic carbocycles. The second kappa shape index (κ2) is 2.38. The Hall–Kier alpha value is -1.77. The van der Waals surface area contributed by atoms with Crippen LogP contribution in [0.1, 0.15) is 5.56 Å². The van der Waals surface area contributed by atoms with Crippen LogP contribution in [0.2, 0.25) is 0 Å². The molecule has 1 amide bonds. The van der Waals surface area contributed by atoms with Crippen molar-refractivity contribution in [1.29, 1.82) is 0 Å². The number of hydrogen-bond donors (Lipinski definition) is 2. The molecular formula is C11H10N2O. The minimum Gasteiger partial charge on any atom is -0.389 e. The van der Waals surface area contributed by atoms with E-state index in [1.165, 1.54) is 0 Å². The summed E-state index contributed by atoms with van der Waals surface area (Å²) in [5.74, 6) is 0.0694. The van der Waals surface area contributed by atoms with Crippen LogP contribution in [0.25, 0.3) is 0 Å². The minimum atomic E-state index is -0.462. The van der Waals surface area contributed by atoms with Crippen LogP contribution in [-0.4, -0.2) is 12.5 Å². The molecule has 1 atom stereocenters. The molecule has 0 aromatic heterocycles. The van der Waals surface area contributed by atoms with Crippen LogP contribution < -0.4 is 10.6 Å². The predicted molar refractivity (Wildman–Crippen MR) is 53.9 cm³/mol. The zero-order valence-electron chi connectivity index (χ0n) is 7.58. The number of anilines is 1. The maximum absolute atomic E-state index is 11.9. The van der Waals surface area contributed by atoms with Crippen molar-refractivity contribution in [3.8, 4) is 0 Å². The summed E-state index contributed by atoms with van der Waals surface area (Å²) in [5, 5.41) is 5.98. The molecule has 0 bridgehead atoms. The molecule has 14 heavy (non-hydrogen) atoms. The number of amides is 1. The van der Waals surface area contributed by atoms with Gasteiger partial charge in [0, 0.05) is 12.2 Å². The first-order chi connectivity index (χ1) is 6.83. The Morgan fingerprint density at radius 1 is 1.29 bits per heavy atom. The molecule has 1 aromatic rings. The number of fused-ring (bicyclic) bond motifs is 2. The van der Waals surface area contributed by atoms with Gasteiger partial charge >= 0.3 is 0 Å². The average Bonchev–Trinajstić information content (AvgIpc) is 2.77. The van der Waals surface area contributed by atoms with E-state index in [4.69, 9.17) is 0 Å². The van der Waals surface area contributed by atoms with Crippen molar-refractivity contribution < 1.29 is 4.79 Å². The van der Waals surface area contributed by atoms with Gasteiger partial charge in [-0.25, -0.2) is 0 Å². The maximum atomic E-state index is 11.9. The zero-order chi connectivity index (χ0) is 9.60. The Balaban J connectivity index is 2.24. The van der Waals surface area contributed by atoms with Crippen molar-refractivity contribution >= 4 is 11.6 Å². The van der Waals surface area contributed by atoms with Gasteiger partial charge in [-0.2, -0.15) is 0 Å². The van der Waals surface area contributed by atoms with E-state index in [0.717, 1.165) is 11.3 Å². The molecule has 0 fully saturated rings. The van der Waals surface area contributed by atoms with Crippen molar-refractivity contribution in [2.24, 2.45) is 0 Å². The number of para-hydroxylation sites is 1. The molecule has 3 rings (SSSR count). The van der Waals surface area contributed by atoms with Crippen molar-refractivity contribution in [3.05, 3.63) is 42.1 Å². The van der Waals surface area contributed by atoms with E-state index in [2.05, 4.69) is 10.6 Å². The van der Waals surface area contributed by atoms with Crippen molar-refractivity contribution in [1.82, 2.24) is 5.32 Å².